The fourth-order valence-corrected chi connectivity index (χ4v) is 6.04. The molecule has 1 heteroatoms. The van der Waals surface area contributed by atoms with Crippen LogP contribution in [-0.2, 0) is 6.42 Å². The Morgan fingerprint density at radius 3 is 2.61 bits per heavy atom. The molecule has 5 rings (SSSR count). The van der Waals surface area contributed by atoms with E-state index < -0.39 is 0 Å². The summed E-state index contributed by atoms with van der Waals surface area (Å²) in [6.07, 6.45) is 16.1. The Bertz CT molecular complexity index is 679. The SMILES string of the molecule is O=C1CC2(Cc3cc(C4CCCCC4)ccc31)CC1C=CC2C1. The lowest BCUT2D eigenvalue weighted by Crippen LogP contribution is -2.36. The Balaban J connectivity index is 1.50. The van der Waals surface area contributed by atoms with E-state index in [4.69, 9.17) is 0 Å². The maximum absolute atomic E-state index is 12.8. The van der Waals surface area contributed by atoms with Crippen LogP contribution >= 0.6 is 0 Å². The first-order chi connectivity index (χ1) is 11.2. The number of Topliss-reactive ketones (excluding diaryl/α,β-unsaturated/α-hetero) is 1. The fraction of sp³-hybridized carbons (Fsp3) is 0.591. The average Bonchev–Trinajstić information content (AvgIpc) is 3.16. The number of allylic oxidation sites excluding steroid dienone is 2. The number of rotatable bonds is 1. The molecule has 0 aliphatic heterocycles. The van der Waals surface area contributed by atoms with Crippen molar-refractivity contribution in [1.82, 2.24) is 0 Å². The molecule has 23 heavy (non-hydrogen) atoms. The Labute approximate surface area is 139 Å². The van der Waals surface area contributed by atoms with Gasteiger partial charge in [0.2, 0.25) is 0 Å². The van der Waals surface area contributed by atoms with Crippen LogP contribution in [0.1, 0.15) is 78.8 Å². The number of hydrogen-bond donors (Lipinski definition) is 0. The first kappa shape index (κ1) is 14.0. The third-order valence-electron chi connectivity index (χ3n) is 7.19. The lowest BCUT2D eigenvalue weighted by molar-refractivity contribution is 0.0848. The smallest absolute Gasteiger partial charge is 0.163 e. The van der Waals surface area contributed by atoms with Crippen LogP contribution in [-0.4, -0.2) is 5.78 Å². The van der Waals surface area contributed by atoms with E-state index in [1.807, 2.05) is 0 Å². The normalized spacial score (nSPS) is 35.9. The molecule has 2 bridgehead atoms. The Morgan fingerprint density at radius 2 is 1.87 bits per heavy atom. The molecule has 0 aromatic heterocycles. The number of carbonyl (C=O) groups is 1. The third kappa shape index (κ3) is 2.16. The average molecular weight is 306 g/mol. The number of hydrogen-bond acceptors (Lipinski definition) is 1. The summed E-state index contributed by atoms with van der Waals surface area (Å²) in [4.78, 5) is 12.8. The number of ketones is 1. The molecule has 0 amide bonds. The van der Waals surface area contributed by atoms with Gasteiger partial charge in [0.25, 0.3) is 0 Å². The second-order valence-corrected chi connectivity index (χ2v) is 8.58. The molecule has 1 nitrogen and oxygen atoms in total. The van der Waals surface area contributed by atoms with Crippen LogP contribution in [0.2, 0.25) is 0 Å². The summed E-state index contributed by atoms with van der Waals surface area (Å²) in [5.41, 5.74) is 4.16. The highest BCUT2D eigenvalue weighted by Crippen LogP contribution is 2.57. The molecule has 120 valence electrons. The van der Waals surface area contributed by atoms with Gasteiger partial charge in [0.15, 0.2) is 5.78 Å². The van der Waals surface area contributed by atoms with E-state index in [1.54, 1.807) is 0 Å². The zero-order valence-corrected chi connectivity index (χ0v) is 13.9. The lowest BCUT2D eigenvalue weighted by Gasteiger charge is -2.39. The maximum Gasteiger partial charge on any atom is 0.163 e. The molecule has 0 N–H and O–H groups in total. The van der Waals surface area contributed by atoms with E-state index >= 15 is 0 Å². The zero-order chi connectivity index (χ0) is 15.4. The van der Waals surface area contributed by atoms with Crippen molar-refractivity contribution in [3.8, 4) is 0 Å². The van der Waals surface area contributed by atoms with Gasteiger partial charge in [0.1, 0.15) is 0 Å². The lowest BCUT2D eigenvalue weighted by atomic mass is 9.64. The zero-order valence-electron chi connectivity index (χ0n) is 13.9. The molecule has 1 aromatic rings. The monoisotopic (exact) mass is 306 g/mol. The van der Waals surface area contributed by atoms with Gasteiger partial charge in [-0.3, -0.25) is 4.79 Å². The Hall–Kier alpha value is -1.37. The highest BCUT2D eigenvalue weighted by atomic mass is 16.1. The van der Waals surface area contributed by atoms with Crippen LogP contribution in [0.4, 0.5) is 0 Å². The van der Waals surface area contributed by atoms with Crippen LogP contribution < -0.4 is 0 Å². The van der Waals surface area contributed by atoms with Crippen LogP contribution in [0.3, 0.4) is 0 Å². The molecular weight excluding hydrogens is 280 g/mol. The standard InChI is InChI=1S/C22H26O/c23-21-14-22(12-15-6-8-19(22)10-15)13-18-11-17(7-9-20(18)21)16-4-2-1-3-5-16/h6-9,11,15-16,19H,1-5,10,12-14H2. The molecule has 1 aromatic carbocycles. The van der Waals surface area contributed by atoms with Gasteiger partial charge >= 0.3 is 0 Å². The predicted octanol–water partition coefficient (Wildman–Crippen LogP) is 5.45. The van der Waals surface area contributed by atoms with Crippen molar-refractivity contribution in [3.05, 3.63) is 47.0 Å². The van der Waals surface area contributed by atoms with Gasteiger partial charge in [0.05, 0.1) is 0 Å². The van der Waals surface area contributed by atoms with E-state index in [-0.39, 0.29) is 5.41 Å². The third-order valence-corrected chi connectivity index (χ3v) is 7.19. The number of carbonyl (C=O) groups excluding carboxylic acids is 1. The quantitative estimate of drug-likeness (QED) is 0.631. The second-order valence-electron chi connectivity index (χ2n) is 8.58. The van der Waals surface area contributed by atoms with E-state index in [2.05, 4.69) is 30.4 Å². The fourth-order valence-electron chi connectivity index (χ4n) is 6.04. The molecule has 2 saturated carbocycles. The van der Waals surface area contributed by atoms with Crippen molar-refractivity contribution in [2.24, 2.45) is 17.3 Å². The summed E-state index contributed by atoms with van der Waals surface area (Å²) < 4.78 is 0. The summed E-state index contributed by atoms with van der Waals surface area (Å²) in [6, 6.07) is 6.82. The van der Waals surface area contributed by atoms with E-state index in [0.717, 1.165) is 30.2 Å². The minimum absolute atomic E-state index is 0.259. The topological polar surface area (TPSA) is 17.1 Å². The van der Waals surface area contributed by atoms with Crippen LogP contribution in [0, 0.1) is 17.3 Å². The minimum Gasteiger partial charge on any atom is -0.294 e. The summed E-state index contributed by atoms with van der Waals surface area (Å²) in [7, 11) is 0. The van der Waals surface area contributed by atoms with Gasteiger partial charge in [-0.1, -0.05) is 49.6 Å². The van der Waals surface area contributed by atoms with Crippen molar-refractivity contribution in [2.75, 3.05) is 0 Å². The molecule has 3 unspecified atom stereocenters. The number of fused-ring (bicyclic) bond motifs is 4. The van der Waals surface area contributed by atoms with Gasteiger partial charge in [0, 0.05) is 12.0 Å². The second kappa shape index (κ2) is 5.06. The van der Waals surface area contributed by atoms with Crippen molar-refractivity contribution in [1.29, 1.82) is 0 Å². The van der Waals surface area contributed by atoms with Gasteiger partial charge in [-0.2, -0.15) is 0 Å². The highest BCUT2D eigenvalue weighted by Gasteiger charge is 2.51. The van der Waals surface area contributed by atoms with E-state index in [9.17, 15) is 4.79 Å². The van der Waals surface area contributed by atoms with Gasteiger partial charge in [-0.25, -0.2) is 0 Å². The molecule has 1 spiro atoms. The van der Waals surface area contributed by atoms with Crippen molar-refractivity contribution in [3.63, 3.8) is 0 Å². The summed E-state index contributed by atoms with van der Waals surface area (Å²) in [5.74, 6) is 2.54. The molecule has 3 atom stereocenters. The summed E-state index contributed by atoms with van der Waals surface area (Å²) in [6.45, 7) is 0. The largest absolute Gasteiger partial charge is 0.294 e. The number of benzene rings is 1. The van der Waals surface area contributed by atoms with E-state index in [1.165, 1.54) is 56.1 Å². The summed E-state index contributed by atoms with van der Waals surface area (Å²) >= 11 is 0. The molecule has 0 radical (unpaired) electrons. The van der Waals surface area contributed by atoms with Crippen LogP contribution in [0.5, 0.6) is 0 Å². The van der Waals surface area contributed by atoms with Crippen molar-refractivity contribution in [2.45, 2.75) is 63.7 Å². The van der Waals surface area contributed by atoms with Gasteiger partial charge < -0.3 is 0 Å². The van der Waals surface area contributed by atoms with E-state index in [0.29, 0.717) is 11.7 Å². The predicted molar refractivity (Wildman–Crippen MR) is 92.7 cm³/mol. The highest BCUT2D eigenvalue weighted by molar-refractivity contribution is 5.99. The minimum atomic E-state index is 0.259. The molecule has 0 saturated heterocycles. The molecule has 0 heterocycles. The molecule has 2 fully saturated rings. The Morgan fingerprint density at radius 1 is 1.00 bits per heavy atom. The summed E-state index contributed by atoms with van der Waals surface area (Å²) in [5, 5.41) is 0. The molecule has 4 aliphatic carbocycles. The first-order valence-corrected chi connectivity index (χ1v) is 9.58. The molecule has 4 aliphatic rings. The maximum atomic E-state index is 12.8. The van der Waals surface area contributed by atoms with Gasteiger partial charge in [-0.15, -0.1) is 0 Å². The first-order valence-electron chi connectivity index (χ1n) is 9.58. The van der Waals surface area contributed by atoms with Crippen LogP contribution in [0.15, 0.2) is 30.4 Å². The van der Waals surface area contributed by atoms with Crippen LogP contribution in [0.25, 0.3) is 0 Å². The Kier molecular flexibility index (Phi) is 3.08. The van der Waals surface area contributed by atoms with Crippen molar-refractivity contribution < 1.29 is 4.79 Å². The van der Waals surface area contributed by atoms with Crippen molar-refractivity contribution >= 4 is 5.78 Å². The molecular formula is C22H26O. The van der Waals surface area contributed by atoms with Gasteiger partial charge in [-0.05, 0) is 66.4 Å².